The Balaban J connectivity index is 1.58. The molecule has 1 fully saturated rings. The number of aromatic nitrogens is 2. The summed E-state index contributed by atoms with van der Waals surface area (Å²) in [6.07, 6.45) is 8.21. The third-order valence-corrected chi connectivity index (χ3v) is 4.48. The molecule has 2 aromatic rings. The van der Waals surface area contributed by atoms with Gasteiger partial charge in [0, 0.05) is 17.8 Å². The van der Waals surface area contributed by atoms with Crippen LogP contribution in [0, 0.1) is 0 Å². The van der Waals surface area contributed by atoms with Crippen LogP contribution in [0.15, 0.2) is 24.4 Å². The number of aryl methyl sites for hydroxylation is 1. The number of benzene rings is 1. The van der Waals surface area contributed by atoms with Gasteiger partial charge in [-0.1, -0.05) is 36.9 Å². The van der Waals surface area contributed by atoms with Crippen molar-refractivity contribution in [3.05, 3.63) is 29.4 Å². The SMILES string of the molecule is O=C(CCn1ncc2c(Cl)cccc21)NC1CCCCC1. The van der Waals surface area contributed by atoms with E-state index in [1.165, 1.54) is 19.3 Å². The Bertz CT molecular complexity index is 631. The molecule has 0 atom stereocenters. The van der Waals surface area contributed by atoms with Crippen LogP contribution >= 0.6 is 11.6 Å². The predicted octanol–water partition coefficient (Wildman–Crippen LogP) is 3.53. The van der Waals surface area contributed by atoms with Gasteiger partial charge in [0.15, 0.2) is 0 Å². The lowest BCUT2D eigenvalue weighted by molar-refractivity contribution is -0.122. The average Bonchev–Trinajstić information content (AvgIpc) is 2.91. The third-order valence-electron chi connectivity index (χ3n) is 4.16. The summed E-state index contributed by atoms with van der Waals surface area (Å²) in [6.45, 7) is 0.586. The van der Waals surface area contributed by atoms with Gasteiger partial charge in [-0.3, -0.25) is 9.48 Å². The first-order valence-corrected chi connectivity index (χ1v) is 8.01. The minimum Gasteiger partial charge on any atom is -0.353 e. The Hall–Kier alpha value is -1.55. The van der Waals surface area contributed by atoms with E-state index in [9.17, 15) is 4.79 Å². The van der Waals surface area contributed by atoms with Crippen LogP contribution in [0.4, 0.5) is 0 Å². The summed E-state index contributed by atoms with van der Waals surface area (Å²) in [6, 6.07) is 6.11. The van der Waals surface area contributed by atoms with E-state index in [0.717, 1.165) is 23.7 Å². The van der Waals surface area contributed by atoms with Crippen molar-refractivity contribution >= 4 is 28.4 Å². The molecule has 0 spiro atoms. The Labute approximate surface area is 129 Å². The van der Waals surface area contributed by atoms with Gasteiger partial charge in [0.1, 0.15) is 0 Å². The van der Waals surface area contributed by atoms with Crippen LogP contribution in [0.5, 0.6) is 0 Å². The van der Waals surface area contributed by atoms with Gasteiger partial charge in [0.25, 0.3) is 0 Å². The lowest BCUT2D eigenvalue weighted by Crippen LogP contribution is -2.36. The van der Waals surface area contributed by atoms with Gasteiger partial charge in [-0.05, 0) is 25.0 Å². The number of rotatable bonds is 4. The van der Waals surface area contributed by atoms with Gasteiger partial charge in [-0.2, -0.15) is 5.10 Å². The molecule has 1 heterocycles. The molecule has 1 saturated carbocycles. The standard InChI is InChI=1S/C16H20ClN3O/c17-14-7-4-8-15-13(14)11-18-20(15)10-9-16(21)19-12-5-2-1-3-6-12/h4,7-8,11-12H,1-3,5-6,9-10H2,(H,19,21). The van der Waals surface area contributed by atoms with Crippen molar-refractivity contribution in [1.82, 2.24) is 15.1 Å². The summed E-state index contributed by atoms with van der Waals surface area (Å²) >= 11 is 6.13. The topological polar surface area (TPSA) is 46.9 Å². The zero-order valence-electron chi connectivity index (χ0n) is 12.0. The maximum absolute atomic E-state index is 12.0. The van der Waals surface area contributed by atoms with Gasteiger partial charge < -0.3 is 5.32 Å². The first kappa shape index (κ1) is 14.4. The zero-order valence-corrected chi connectivity index (χ0v) is 12.8. The average molecular weight is 306 g/mol. The van der Waals surface area contributed by atoms with E-state index in [4.69, 9.17) is 11.6 Å². The van der Waals surface area contributed by atoms with Crippen molar-refractivity contribution in [2.24, 2.45) is 0 Å². The number of amides is 1. The normalized spacial score (nSPS) is 16.2. The summed E-state index contributed by atoms with van der Waals surface area (Å²) < 4.78 is 1.85. The smallest absolute Gasteiger partial charge is 0.222 e. The summed E-state index contributed by atoms with van der Waals surface area (Å²) in [5, 5.41) is 9.10. The van der Waals surface area contributed by atoms with E-state index in [0.29, 0.717) is 24.0 Å². The van der Waals surface area contributed by atoms with Crippen molar-refractivity contribution in [3.63, 3.8) is 0 Å². The van der Waals surface area contributed by atoms with Gasteiger partial charge in [-0.25, -0.2) is 0 Å². The highest BCUT2D eigenvalue weighted by molar-refractivity contribution is 6.35. The number of fused-ring (bicyclic) bond motifs is 1. The second-order valence-corrected chi connectivity index (χ2v) is 6.10. The number of nitrogens with zero attached hydrogens (tertiary/aromatic N) is 2. The largest absolute Gasteiger partial charge is 0.353 e. The van der Waals surface area contributed by atoms with E-state index in [1.54, 1.807) is 6.20 Å². The van der Waals surface area contributed by atoms with Crippen molar-refractivity contribution in [2.75, 3.05) is 0 Å². The summed E-state index contributed by atoms with van der Waals surface area (Å²) in [4.78, 5) is 12.0. The van der Waals surface area contributed by atoms with Crippen LogP contribution in [0.1, 0.15) is 38.5 Å². The van der Waals surface area contributed by atoms with Crippen molar-refractivity contribution in [1.29, 1.82) is 0 Å². The first-order chi connectivity index (χ1) is 10.2. The molecular weight excluding hydrogens is 286 g/mol. The lowest BCUT2D eigenvalue weighted by atomic mass is 9.95. The van der Waals surface area contributed by atoms with Crippen molar-refractivity contribution in [2.45, 2.75) is 51.1 Å². The molecule has 1 aliphatic carbocycles. The summed E-state index contributed by atoms with van der Waals surface area (Å²) in [7, 11) is 0. The number of carbonyl (C=O) groups is 1. The quantitative estimate of drug-likeness (QED) is 0.939. The van der Waals surface area contributed by atoms with Crippen LogP contribution in [0.2, 0.25) is 5.02 Å². The minimum absolute atomic E-state index is 0.118. The Morgan fingerprint density at radius 2 is 2.14 bits per heavy atom. The molecule has 112 valence electrons. The number of carbonyl (C=O) groups excluding carboxylic acids is 1. The fraction of sp³-hybridized carbons (Fsp3) is 0.500. The van der Waals surface area contributed by atoms with Gasteiger partial charge in [0.2, 0.25) is 5.91 Å². The summed E-state index contributed by atoms with van der Waals surface area (Å²) in [5.41, 5.74) is 0.980. The first-order valence-electron chi connectivity index (χ1n) is 7.63. The van der Waals surface area contributed by atoms with E-state index in [-0.39, 0.29) is 5.91 Å². The molecule has 1 aliphatic rings. The predicted molar refractivity (Wildman–Crippen MR) is 84.4 cm³/mol. The van der Waals surface area contributed by atoms with E-state index in [1.807, 2.05) is 22.9 Å². The molecule has 0 radical (unpaired) electrons. The highest BCUT2D eigenvalue weighted by atomic mass is 35.5. The molecular formula is C16H20ClN3O. The maximum atomic E-state index is 12.0. The molecule has 1 aromatic heterocycles. The Kier molecular flexibility index (Phi) is 4.44. The molecule has 4 nitrogen and oxygen atoms in total. The van der Waals surface area contributed by atoms with E-state index < -0.39 is 0 Å². The molecule has 1 N–H and O–H groups in total. The second kappa shape index (κ2) is 6.48. The molecule has 1 amide bonds. The highest BCUT2D eigenvalue weighted by Gasteiger charge is 2.15. The Morgan fingerprint density at radius 1 is 1.33 bits per heavy atom. The fourth-order valence-electron chi connectivity index (χ4n) is 3.00. The van der Waals surface area contributed by atoms with Gasteiger partial charge in [0.05, 0.1) is 23.3 Å². The van der Waals surface area contributed by atoms with Crippen molar-refractivity contribution < 1.29 is 4.79 Å². The van der Waals surface area contributed by atoms with Crippen LogP contribution in [-0.2, 0) is 11.3 Å². The fourth-order valence-corrected chi connectivity index (χ4v) is 3.22. The Morgan fingerprint density at radius 3 is 2.95 bits per heavy atom. The molecule has 0 saturated heterocycles. The number of halogens is 1. The third kappa shape index (κ3) is 3.38. The molecule has 0 unspecified atom stereocenters. The summed E-state index contributed by atoms with van der Waals surface area (Å²) in [5.74, 6) is 0.118. The second-order valence-electron chi connectivity index (χ2n) is 5.69. The van der Waals surface area contributed by atoms with Gasteiger partial charge >= 0.3 is 0 Å². The molecule has 0 aliphatic heterocycles. The lowest BCUT2D eigenvalue weighted by Gasteiger charge is -2.22. The molecule has 1 aromatic carbocycles. The maximum Gasteiger partial charge on any atom is 0.222 e. The van der Waals surface area contributed by atoms with Crippen LogP contribution in [0.25, 0.3) is 10.9 Å². The van der Waals surface area contributed by atoms with E-state index >= 15 is 0 Å². The van der Waals surface area contributed by atoms with Crippen LogP contribution in [-0.4, -0.2) is 21.7 Å². The molecule has 5 heteroatoms. The van der Waals surface area contributed by atoms with Crippen LogP contribution in [0.3, 0.4) is 0 Å². The highest BCUT2D eigenvalue weighted by Crippen LogP contribution is 2.23. The molecule has 3 rings (SSSR count). The van der Waals surface area contributed by atoms with Gasteiger partial charge in [-0.15, -0.1) is 0 Å². The number of hydrogen-bond acceptors (Lipinski definition) is 2. The molecule has 21 heavy (non-hydrogen) atoms. The van der Waals surface area contributed by atoms with E-state index in [2.05, 4.69) is 10.4 Å². The zero-order chi connectivity index (χ0) is 14.7. The number of nitrogens with one attached hydrogen (secondary N) is 1. The minimum atomic E-state index is 0.118. The molecule has 0 bridgehead atoms. The monoisotopic (exact) mass is 305 g/mol. The number of hydrogen-bond donors (Lipinski definition) is 1. The van der Waals surface area contributed by atoms with Crippen molar-refractivity contribution in [3.8, 4) is 0 Å². The van der Waals surface area contributed by atoms with Crippen LogP contribution < -0.4 is 5.32 Å².